The van der Waals surface area contributed by atoms with Gasteiger partial charge in [0.2, 0.25) is 0 Å². The molecule has 0 saturated carbocycles. The lowest BCUT2D eigenvalue weighted by Crippen LogP contribution is -2.45. The van der Waals surface area contributed by atoms with Crippen LogP contribution in [0.1, 0.15) is 59.8 Å². The van der Waals surface area contributed by atoms with Crippen LogP contribution >= 0.6 is 0 Å². The zero-order chi connectivity index (χ0) is 14.0. The van der Waals surface area contributed by atoms with Crippen molar-refractivity contribution >= 4 is 6.09 Å². The predicted octanol–water partition coefficient (Wildman–Crippen LogP) is 3.32. The van der Waals surface area contributed by atoms with E-state index in [1.165, 1.54) is 17.7 Å². The maximum Gasteiger partial charge on any atom is 0.407 e. The van der Waals surface area contributed by atoms with Gasteiger partial charge in [-0.1, -0.05) is 19.8 Å². The third-order valence-corrected chi connectivity index (χ3v) is 2.98. The molecule has 0 aromatic carbocycles. The summed E-state index contributed by atoms with van der Waals surface area (Å²) in [5, 5.41) is 12.5. The van der Waals surface area contributed by atoms with Gasteiger partial charge in [-0.3, -0.25) is 0 Å². The van der Waals surface area contributed by atoms with Crippen LogP contribution in [0, 0.1) is 0 Å². The Morgan fingerprint density at radius 2 is 1.72 bits per heavy atom. The number of nitrogens with one attached hydrogen (secondary N) is 1. The zero-order valence-corrected chi connectivity index (χ0v) is 12.5. The van der Waals surface area contributed by atoms with Crippen LogP contribution in [0.25, 0.3) is 0 Å². The maximum absolute atomic E-state index is 11.1. The van der Waals surface area contributed by atoms with E-state index in [-0.39, 0.29) is 5.54 Å². The molecule has 0 saturated heterocycles. The Balaban J connectivity index is 3.60. The lowest BCUT2D eigenvalue weighted by Gasteiger charge is -2.33. The number of unbranched alkanes of at least 4 members (excludes halogenated alkanes) is 3. The molecular weight excluding hydrogens is 228 g/mol. The first-order valence-electron chi connectivity index (χ1n) is 7.11. The largest absolute Gasteiger partial charge is 0.465 e. The molecule has 0 aliphatic heterocycles. The normalized spacial score (nSPS) is 11.6. The Morgan fingerprint density at radius 1 is 1.11 bits per heavy atom. The molecule has 1 amide bonds. The standard InChI is InChI=1S/C14H30N2O2/c1-5-6-10-15-11-8-7-9-12-16(13(17)18)14(2,3)4/h15H,5-12H2,1-4H3,(H,17,18). The van der Waals surface area contributed by atoms with Crippen LogP contribution in [0.4, 0.5) is 4.79 Å². The highest BCUT2D eigenvalue weighted by Gasteiger charge is 2.24. The first-order valence-corrected chi connectivity index (χ1v) is 7.11. The monoisotopic (exact) mass is 258 g/mol. The van der Waals surface area contributed by atoms with E-state index in [1.54, 1.807) is 0 Å². The van der Waals surface area contributed by atoms with E-state index < -0.39 is 6.09 Å². The van der Waals surface area contributed by atoms with Crippen molar-refractivity contribution < 1.29 is 9.90 Å². The van der Waals surface area contributed by atoms with Gasteiger partial charge in [-0.25, -0.2) is 4.79 Å². The summed E-state index contributed by atoms with van der Waals surface area (Å²) in [5.41, 5.74) is -0.300. The molecule has 4 heteroatoms. The van der Waals surface area contributed by atoms with Gasteiger partial charge in [0.05, 0.1) is 0 Å². The minimum Gasteiger partial charge on any atom is -0.465 e. The fraction of sp³-hybridized carbons (Fsp3) is 0.929. The van der Waals surface area contributed by atoms with Crippen molar-refractivity contribution in [2.45, 2.75) is 65.3 Å². The van der Waals surface area contributed by atoms with Gasteiger partial charge >= 0.3 is 6.09 Å². The number of hydrogen-bond acceptors (Lipinski definition) is 2. The second kappa shape index (κ2) is 9.20. The Labute approximate surface area is 112 Å². The fourth-order valence-corrected chi connectivity index (χ4v) is 1.84. The van der Waals surface area contributed by atoms with Crippen LogP contribution in [-0.2, 0) is 0 Å². The number of carboxylic acid groups (broad SMARTS) is 1. The summed E-state index contributed by atoms with van der Waals surface area (Å²) in [5.74, 6) is 0. The van der Waals surface area contributed by atoms with Crippen molar-refractivity contribution in [2.24, 2.45) is 0 Å². The van der Waals surface area contributed by atoms with Gasteiger partial charge in [0, 0.05) is 12.1 Å². The smallest absolute Gasteiger partial charge is 0.407 e. The van der Waals surface area contributed by atoms with Crippen LogP contribution in [-0.4, -0.2) is 41.3 Å². The second-order valence-electron chi connectivity index (χ2n) is 5.77. The summed E-state index contributed by atoms with van der Waals surface area (Å²) >= 11 is 0. The highest BCUT2D eigenvalue weighted by Crippen LogP contribution is 2.14. The minimum atomic E-state index is -0.816. The highest BCUT2D eigenvalue weighted by atomic mass is 16.4. The average molecular weight is 258 g/mol. The molecule has 2 N–H and O–H groups in total. The minimum absolute atomic E-state index is 0.300. The van der Waals surface area contributed by atoms with E-state index >= 15 is 0 Å². The van der Waals surface area contributed by atoms with Gasteiger partial charge in [-0.2, -0.15) is 0 Å². The van der Waals surface area contributed by atoms with Crippen LogP contribution < -0.4 is 5.32 Å². The SMILES string of the molecule is CCCCNCCCCCN(C(=O)O)C(C)(C)C. The number of rotatable bonds is 9. The molecular formula is C14H30N2O2. The molecule has 0 heterocycles. The molecule has 0 aromatic heterocycles. The molecule has 0 fully saturated rings. The second-order valence-corrected chi connectivity index (χ2v) is 5.77. The number of hydrogen-bond donors (Lipinski definition) is 2. The van der Waals surface area contributed by atoms with Crippen molar-refractivity contribution in [2.75, 3.05) is 19.6 Å². The number of nitrogens with zero attached hydrogens (tertiary/aromatic N) is 1. The predicted molar refractivity (Wildman–Crippen MR) is 76.1 cm³/mol. The molecule has 0 bridgehead atoms. The van der Waals surface area contributed by atoms with Gasteiger partial charge in [0.25, 0.3) is 0 Å². The van der Waals surface area contributed by atoms with Gasteiger partial charge in [0.1, 0.15) is 0 Å². The lowest BCUT2D eigenvalue weighted by atomic mass is 10.1. The third kappa shape index (κ3) is 8.34. The quantitative estimate of drug-likeness (QED) is 0.624. The van der Waals surface area contributed by atoms with Crippen molar-refractivity contribution in [3.8, 4) is 0 Å². The van der Waals surface area contributed by atoms with E-state index in [1.807, 2.05) is 20.8 Å². The summed E-state index contributed by atoms with van der Waals surface area (Å²) in [7, 11) is 0. The third-order valence-electron chi connectivity index (χ3n) is 2.98. The first-order chi connectivity index (χ1) is 8.39. The van der Waals surface area contributed by atoms with Crippen molar-refractivity contribution in [3.05, 3.63) is 0 Å². The summed E-state index contributed by atoms with van der Waals surface area (Å²) in [4.78, 5) is 12.6. The molecule has 0 radical (unpaired) electrons. The summed E-state index contributed by atoms with van der Waals surface area (Å²) in [6, 6.07) is 0. The van der Waals surface area contributed by atoms with Crippen LogP contribution in [0.3, 0.4) is 0 Å². The summed E-state index contributed by atoms with van der Waals surface area (Å²) < 4.78 is 0. The topological polar surface area (TPSA) is 52.6 Å². The molecule has 0 unspecified atom stereocenters. The highest BCUT2D eigenvalue weighted by molar-refractivity contribution is 5.65. The van der Waals surface area contributed by atoms with Crippen molar-refractivity contribution in [1.82, 2.24) is 10.2 Å². The molecule has 0 rings (SSSR count). The molecule has 0 spiro atoms. The average Bonchev–Trinajstić information content (AvgIpc) is 2.24. The van der Waals surface area contributed by atoms with Crippen LogP contribution in [0.2, 0.25) is 0 Å². The molecule has 0 aliphatic carbocycles. The lowest BCUT2D eigenvalue weighted by molar-refractivity contribution is 0.0990. The van der Waals surface area contributed by atoms with E-state index in [4.69, 9.17) is 5.11 Å². The molecule has 0 atom stereocenters. The maximum atomic E-state index is 11.1. The zero-order valence-electron chi connectivity index (χ0n) is 12.5. The van der Waals surface area contributed by atoms with E-state index in [9.17, 15) is 4.79 Å². The first kappa shape index (κ1) is 17.2. The molecule has 4 nitrogen and oxygen atoms in total. The van der Waals surface area contributed by atoms with E-state index in [2.05, 4.69) is 12.2 Å². The molecule has 0 aromatic rings. The summed E-state index contributed by atoms with van der Waals surface area (Å²) in [6.07, 6.45) is 4.80. The van der Waals surface area contributed by atoms with Crippen LogP contribution in [0.15, 0.2) is 0 Å². The van der Waals surface area contributed by atoms with Gasteiger partial charge in [-0.05, 0) is 53.1 Å². The van der Waals surface area contributed by atoms with Crippen LogP contribution in [0.5, 0.6) is 0 Å². The van der Waals surface area contributed by atoms with E-state index in [0.29, 0.717) is 6.54 Å². The van der Waals surface area contributed by atoms with Crippen molar-refractivity contribution in [1.29, 1.82) is 0 Å². The summed E-state index contributed by atoms with van der Waals surface area (Å²) in [6.45, 7) is 10.8. The number of amides is 1. The Morgan fingerprint density at radius 3 is 2.22 bits per heavy atom. The fourth-order valence-electron chi connectivity index (χ4n) is 1.84. The number of carbonyl (C=O) groups is 1. The van der Waals surface area contributed by atoms with Gasteiger partial charge in [-0.15, -0.1) is 0 Å². The molecule has 0 aliphatic rings. The Hall–Kier alpha value is -0.770. The van der Waals surface area contributed by atoms with E-state index in [0.717, 1.165) is 32.4 Å². The van der Waals surface area contributed by atoms with Gasteiger partial charge in [0.15, 0.2) is 0 Å². The molecule has 108 valence electrons. The van der Waals surface area contributed by atoms with Crippen molar-refractivity contribution in [3.63, 3.8) is 0 Å². The Kier molecular flexibility index (Phi) is 8.81. The Bertz CT molecular complexity index is 224. The molecule has 18 heavy (non-hydrogen) atoms. The van der Waals surface area contributed by atoms with Gasteiger partial charge < -0.3 is 15.3 Å².